The molecule has 1 aliphatic heterocycles. The number of nitrogens with zero attached hydrogens (tertiary/aromatic N) is 2. The predicted octanol–water partition coefficient (Wildman–Crippen LogP) is 3.33. The summed E-state index contributed by atoms with van der Waals surface area (Å²) >= 11 is 0. The van der Waals surface area contributed by atoms with Gasteiger partial charge in [-0.15, -0.1) is 0 Å². The van der Waals surface area contributed by atoms with Crippen LogP contribution in [-0.4, -0.2) is 23.3 Å². The van der Waals surface area contributed by atoms with Gasteiger partial charge in [0.15, 0.2) is 5.58 Å². The summed E-state index contributed by atoms with van der Waals surface area (Å²) in [6.07, 6.45) is 0. The molecule has 0 saturated heterocycles. The van der Waals surface area contributed by atoms with Gasteiger partial charge >= 0.3 is 0 Å². The van der Waals surface area contributed by atoms with E-state index in [1.807, 2.05) is 69.3 Å². The standard InChI is InChI=1S/C21H21N3O3/c1-13(19-23-15-9-5-7-11-17(15)27-19)22-18(25)12-24-16-10-6-4-8-14(16)21(2,3)20(24)26/h4-11,13H,12H2,1-3H3,(H,22,25). The summed E-state index contributed by atoms with van der Waals surface area (Å²) in [6.45, 7) is 5.54. The van der Waals surface area contributed by atoms with Crippen LogP contribution in [-0.2, 0) is 15.0 Å². The number of anilines is 1. The lowest BCUT2D eigenvalue weighted by Gasteiger charge is -2.20. The maximum atomic E-state index is 12.8. The highest BCUT2D eigenvalue weighted by Crippen LogP contribution is 2.41. The summed E-state index contributed by atoms with van der Waals surface area (Å²) in [5.74, 6) is 0.108. The SMILES string of the molecule is CC(NC(=O)CN1C(=O)C(C)(C)c2ccccc21)c1nc2ccccc2o1. The summed E-state index contributed by atoms with van der Waals surface area (Å²) in [5, 5.41) is 2.87. The van der Waals surface area contributed by atoms with E-state index >= 15 is 0 Å². The summed E-state index contributed by atoms with van der Waals surface area (Å²) in [7, 11) is 0. The maximum Gasteiger partial charge on any atom is 0.240 e. The van der Waals surface area contributed by atoms with Gasteiger partial charge in [-0.05, 0) is 44.5 Å². The second-order valence-electron chi connectivity index (χ2n) is 7.34. The third kappa shape index (κ3) is 2.87. The Kier molecular flexibility index (Phi) is 3.98. The molecule has 0 aliphatic carbocycles. The van der Waals surface area contributed by atoms with Crippen molar-refractivity contribution in [2.75, 3.05) is 11.4 Å². The van der Waals surface area contributed by atoms with Gasteiger partial charge in [-0.3, -0.25) is 9.59 Å². The van der Waals surface area contributed by atoms with Crippen molar-refractivity contribution in [3.05, 3.63) is 60.0 Å². The molecule has 3 aromatic rings. The Labute approximate surface area is 157 Å². The van der Waals surface area contributed by atoms with Gasteiger partial charge in [0.25, 0.3) is 0 Å². The first-order valence-electron chi connectivity index (χ1n) is 8.94. The summed E-state index contributed by atoms with van der Waals surface area (Å²) < 4.78 is 5.70. The molecule has 6 nitrogen and oxygen atoms in total. The topological polar surface area (TPSA) is 75.4 Å². The second kappa shape index (κ2) is 6.23. The quantitative estimate of drug-likeness (QED) is 0.771. The molecule has 138 valence electrons. The van der Waals surface area contributed by atoms with Crippen LogP contribution in [0.2, 0.25) is 0 Å². The first-order chi connectivity index (χ1) is 12.9. The van der Waals surface area contributed by atoms with Crippen LogP contribution in [0.1, 0.15) is 38.3 Å². The fourth-order valence-electron chi connectivity index (χ4n) is 3.52. The molecule has 1 N–H and O–H groups in total. The van der Waals surface area contributed by atoms with Crippen LogP contribution in [0, 0.1) is 0 Å². The molecule has 1 atom stereocenters. The zero-order valence-corrected chi connectivity index (χ0v) is 15.5. The van der Waals surface area contributed by atoms with Crippen molar-refractivity contribution in [1.82, 2.24) is 10.3 Å². The van der Waals surface area contributed by atoms with Crippen molar-refractivity contribution in [2.45, 2.75) is 32.2 Å². The summed E-state index contributed by atoms with van der Waals surface area (Å²) in [6, 6.07) is 14.7. The van der Waals surface area contributed by atoms with Gasteiger partial charge in [0, 0.05) is 5.69 Å². The number of hydrogen-bond donors (Lipinski definition) is 1. The molecule has 0 bridgehead atoms. The normalized spacial score (nSPS) is 16.4. The largest absolute Gasteiger partial charge is 0.438 e. The van der Waals surface area contributed by atoms with Crippen LogP contribution in [0.4, 0.5) is 5.69 Å². The van der Waals surface area contributed by atoms with Crippen molar-refractivity contribution < 1.29 is 14.0 Å². The Morgan fingerprint density at radius 3 is 2.67 bits per heavy atom. The molecule has 4 rings (SSSR count). The van der Waals surface area contributed by atoms with E-state index in [4.69, 9.17) is 4.42 Å². The molecule has 1 aromatic heterocycles. The van der Waals surface area contributed by atoms with Crippen LogP contribution in [0.15, 0.2) is 52.9 Å². The minimum Gasteiger partial charge on any atom is -0.438 e. The lowest BCUT2D eigenvalue weighted by atomic mass is 9.86. The van der Waals surface area contributed by atoms with Crippen molar-refractivity contribution in [3.63, 3.8) is 0 Å². The Hall–Kier alpha value is -3.15. The third-order valence-corrected chi connectivity index (χ3v) is 5.01. The molecule has 2 aromatic carbocycles. The Morgan fingerprint density at radius 1 is 1.19 bits per heavy atom. The first kappa shape index (κ1) is 17.3. The molecule has 0 saturated carbocycles. The Bertz CT molecular complexity index is 1000. The number of carbonyl (C=O) groups excluding carboxylic acids is 2. The molecule has 1 unspecified atom stereocenters. The maximum absolute atomic E-state index is 12.8. The fourth-order valence-corrected chi connectivity index (χ4v) is 3.52. The molecule has 27 heavy (non-hydrogen) atoms. The minimum absolute atomic E-state index is 0.0379. The third-order valence-electron chi connectivity index (χ3n) is 5.01. The van der Waals surface area contributed by atoms with Crippen LogP contribution < -0.4 is 10.2 Å². The van der Waals surface area contributed by atoms with Crippen molar-refractivity contribution in [1.29, 1.82) is 0 Å². The number of carbonyl (C=O) groups is 2. The average molecular weight is 363 g/mol. The summed E-state index contributed by atoms with van der Waals surface area (Å²) in [4.78, 5) is 31.4. The molecule has 2 amide bonds. The van der Waals surface area contributed by atoms with Crippen LogP contribution in [0.3, 0.4) is 0 Å². The van der Waals surface area contributed by atoms with E-state index in [1.165, 1.54) is 0 Å². The molecule has 6 heteroatoms. The Morgan fingerprint density at radius 2 is 1.89 bits per heavy atom. The Balaban J connectivity index is 1.50. The smallest absolute Gasteiger partial charge is 0.240 e. The predicted molar refractivity (Wildman–Crippen MR) is 102 cm³/mol. The van der Waals surface area contributed by atoms with Gasteiger partial charge in [0.2, 0.25) is 17.7 Å². The van der Waals surface area contributed by atoms with E-state index in [0.29, 0.717) is 11.5 Å². The highest BCUT2D eigenvalue weighted by atomic mass is 16.3. The second-order valence-corrected chi connectivity index (χ2v) is 7.34. The molecule has 2 heterocycles. The van der Waals surface area contributed by atoms with E-state index in [9.17, 15) is 9.59 Å². The number of rotatable bonds is 4. The molecule has 0 fully saturated rings. The number of benzene rings is 2. The minimum atomic E-state index is -0.636. The highest BCUT2D eigenvalue weighted by Gasteiger charge is 2.44. The van der Waals surface area contributed by atoms with Crippen LogP contribution in [0.5, 0.6) is 0 Å². The fraction of sp³-hybridized carbons (Fsp3) is 0.286. The van der Waals surface area contributed by atoms with Crippen LogP contribution in [0.25, 0.3) is 11.1 Å². The van der Waals surface area contributed by atoms with E-state index in [1.54, 1.807) is 4.90 Å². The van der Waals surface area contributed by atoms with E-state index in [-0.39, 0.29) is 18.4 Å². The highest BCUT2D eigenvalue weighted by molar-refractivity contribution is 6.10. The number of oxazole rings is 1. The number of nitrogens with one attached hydrogen (secondary N) is 1. The van der Waals surface area contributed by atoms with Crippen molar-refractivity contribution in [3.8, 4) is 0 Å². The van der Waals surface area contributed by atoms with Gasteiger partial charge in [-0.1, -0.05) is 30.3 Å². The molecular formula is C21H21N3O3. The van der Waals surface area contributed by atoms with Crippen LogP contribution >= 0.6 is 0 Å². The van der Waals surface area contributed by atoms with Gasteiger partial charge in [0.1, 0.15) is 18.1 Å². The van der Waals surface area contributed by atoms with E-state index in [0.717, 1.165) is 16.8 Å². The molecule has 1 aliphatic rings. The van der Waals surface area contributed by atoms with Gasteiger partial charge < -0.3 is 14.6 Å². The average Bonchev–Trinajstić information content (AvgIpc) is 3.16. The lowest BCUT2D eigenvalue weighted by Crippen LogP contribution is -2.43. The summed E-state index contributed by atoms with van der Waals surface area (Å²) in [5.41, 5.74) is 2.52. The van der Waals surface area contributed by atoms with E-state index < -0.39 is 11.5 Å². The van der Waals surface area contributed by atoms with Gasteiger partial charge in [-0.2, -0.15) is 0 Å². The first-order valence-corrected chi connectivity index (χ1v) is 8.94. The number of fused-ring (bicyclic) bond motifs is 2. The molecule has 0 spiro atoms. The van der Waals surface area contributed by atoms with Gasteiger partial charge in [0.05, 0.1) is 5.41 Å². The van der Waals surface area contributed by atoms with Gasteiger partial charge in [-0.25, -0.2) is 4.98 Å². The van der Waals surface area contributed by atoms with E-state index in [2.05, 4.69) is 10.3 Å². The molecule has 0 radical (unpaired) electrons. The number of aromatic nitrogens is 1. The molecular weight excluding hydrogens is 342 g/mol. The number of amides is 2. The zero-order valence-electron chi connectivity index (χ0n) is 15.5. The lowest BCUT2D eigenvalue weighted by molar-refractivity contribution is -0.125. The zero-order chi connectivity index (χ0) is 19.2. The monoisotopic (exact) mass is 363 g/mol. The number of para-hydroxylation sites is 3. The van der Waals surface area contributed by atoms with Crippen molar-refractivity contribution >= 4 is 28.6 Å². The number of hydrogen-bond acceptors (Lipinski definition) is 4. The van der Waals surface area contributed by atoms with Crippen molar-refractivity contribution in [2.24, 2.45) is 0 Å².